The molecule has 0 bridgehead atoms. The summed E-state index contributed by atoms with van der Waals surface area (Å²) in [6, 6.07) is 0. The number of amides is 1. The molecule has 3 N–H and O–H groups in total. The third kappa shape index (κ3) is 6.59. The fourth-order valence-corrected chi connectivity index (χ4v) is 9.26. The van der Waals surface area contributed by atoms with Gasteiger partial charge in [0, 0.05) is 13.0 Å². The van der Waals surface area contributed by atoms with E-state index in [0.717, 1.165) is 74.7 Å². The molecule has 212 valence electrons. The molecular formula is C33H58N2O2. The number of hydrogen-bond acceptors (Lipinski definition) is 3. The molecule has 4 rings (SSSR count). The summed E-state index contributed by atoms with van der Waals surface area (Å²) in [6.45, 7) is 11.4. The van der Waals surface area contributed by atoms with E-state index in [9.17, 15) is 4.79 Å². The van der Waals surface area contributed by atoms with Crippen LogP contribution in [0.15, 0.2) is 11.6 Å². The van der Waals surface area contributed by atoms with Gasteiger partial charge in [-0.25, -0.2) is 4.79 Å². The molecule has 3 fully saturated rings. The number of ether oxygens (including phenoxy) is 1. The van der Waals surface area contributed by atoms with Crippen LogP contribution in [0.4, 0.5) is 4.79 Å². The molecule has 0 radical (unpaired) electrons. The van der Waals surface area contributed by atoms with Crippen molar-refractivity contribution in [1.82, 2.24) is 5.32 Å². The van der Waals surface area contributed by atoms with Crippen LogP contribution in [0.25, 0.3) is 0 Å². The van der Waals surface area contributed by atoms with Crippen molar-refractivity contribution in [2.75, 3.05) is 13.1 Å². The van der Waals surface area contributed by atoms with Gasteiger partial charge in [0.1, 0.15) is 6.10 Å². The predicted molar refractivity (Wildman–Crippen MR) is 154 cm³/mol. The van der Waals surface area contributed by atoms with Gasteiger partial charge in [0.25, 0.3) is 0 Å². The van der Waals surface area contributed by atoms with Gasteiger partial charge in [0.15, 0.2) is 0 Å². The molecule has 4 heteroatoms. The average molecular weight is 515 g/mol. The quantitative estimate of drug-likeness (QED) is 0.203. The summed E-state index contributed by atoms with van der Waals surface area (Å²) >= 11 is 0. The normalized spacial score (nSPS) is 36.9. The van der Waals surface area contributed by atoms with Gasteiger partial charge in [-0.2, -0.15) is 0 Å². The van der Waals surface area contributed by atoms with Crippen molar-refractivity contribution in [1.29, 1.82) is 0 Å². The van der Waals surface area contributed by atoms with E-state index in [0.29, 0.717) is 17.4 Å². The van der Waals surface area contributed by atoms with E-state index in [2.05, 4.69) is 39.1 Å². The minimum absolute atomic E-state index is 0.0451. The van der Waals surface area contributed by atoms with Gasteiger partial charge < -0.3 is 15.8 Å². The predicted octanol–water partition coefficient (Wildman–Crippen LogP) is 8.40. The minimum Gasteiger partial charge on any atom is -0.446 e. The first kappa shape index (κ1) is 29.0. The second-order valence-electron chi connectivity index (χ2n) is 14.2. The lowest BCUT2D eigenvalue weighted by Gasteiger charge is -2.58. The van der Waals surface area contributed by atoms with Crippen molar-refractivity contribution in [2.45, 2.75) is 137 Å². The van der Waals surface area contributed by atoms with Crippen molar-refractivity contribution in [3.8, 4) is 0 Å². The number of nitrogens with two attached hydrogens (primary N) is 1. The molecule has 0 aromatic rings. The Morgan fingerprint density at radius 3 is 2.62 bits per heavy atom. The maximum absolute atomic E-state index is 12.4. The van der Waals surface area contributed by atoms with E-state index < -0.39 is 0 Å². The zero-order valence-corrected chi connectivity index (χ0v) is 24.7. The molecule has 4 aliphatic carbocycles. The summed E-state index contributed by atoms with van der Waals surface area (Å²) in [5.41, 5.74) is 8.05. The van der Waals surface area contributed by atoms with Crippen molar-refractivity contribution in [3.63, 3.8) is 0 Å². The Morgan fingerprint density at radius 2 is 1.84 bits per heavy atom. The van der Waals surface area contributed by atoms with Gasteiger partial charge in [-0.1, -0.05) is 71.4 Å². The highest BCUT2D eigenvalue weighted by Gasteiger charge is 2.58. The van der Waals surface area contributed by atoms with Crippen LogP contribution in [0, 0.1) is 40.4 Å². The first-order valence-electron chi connectivity index (χ1n) is 16.1. The van der Waals surface area contributed by atoms with E-state index in [1.165, 1.54) is 64.2 Å². The number of carbonyl (C=O) groups is 1. The Labute approximate surface area is 228 Å². The highest BCUT2D eigenvalue weighted by atomic mass is 16.6. The molecule has 0 aromatic carbocycles. The Hall–Kier alpha value is -1.03. The third-order valence-electron chi connectivity index (χ3n) is 11.5. The number of carbonyl (C=O) groups excluding carboxylic acids is 1. The first-order valence-corrected chi connectivity index (χ1v) is 16.1. The molecule has 0 heterocycles. The standard InChI is InChI=1S/C33H58N2O2/c1-24(2)11-7-8-12-25-14-16-29-28-15-13-26-23-27(37-31(36)35-22-10-6-5-9-21-34)17-19-33(26,4)30(28)18-20-32(25,29)3/h13,24-25,27-30H,5-12,14-23,34H2,1-4H3,(H,35,36). The van der Waals surface area contributed by atoms with Crippen LogP contribution in [-0.4, -0.2) is 25.3 Å². The second-order valence-corrected chi connectivity index (χ2v) is 14.2. The number of nitrogens with one attached hydrogen (secondary N) is 1. The Balaban J connectivity index is 1.29. The summed E-state index contributed by atoms with van der Waals surface area (Å²) in [5, 5.41) is 2.98. The van der Waals surface area contributed by atoms with Gasteiger partial charge >= 0.3 is 6.09 Å². The van der Waals surface area contributed by atoms with Gasteiger partial charge in [-0.15, -0.1) is 0 Å². The average Bonchev–Trinajstić information content (AvgIpc) is 3.20. The molecule has 0 aromatic heterocycles. The van der Waals surface area contributed by atoms with Gasteiger partial charge in [0.2, 0.25) is 0 Å². The first-order chi connectivity index (χ1) is 17.8. The van der Waals surface area contributed by atoms with Crippen molar-refractivity contribution in [2.24, 2.45) is 46.2 Å². The third-order valence-corrected chi connectivity index (χ3v) is 11.5. The maximum Gasteiger partial charge on any atom is 0.407 e. The number of hydrogen-bond donors (Lipinski definition) is 2. The topological polar surface area (TPSA) is 64.3 Å². The molecular weight excluding hydrogens is 456 g/mol. The van der Waals surface area contributed by atoms with E-state index in [-0.39, 0.29) is 12.2 Å². The Bertz CT molecular complexity index is 778. The molecule has 4 aliphatic rings. The number of fused-ring (bicyclic) bond motifs is 5. The summed E-state index contributed by atoms with van der Waals surface area (Å²) < 4.78 is 5.90. The van der Waals surface area contributed by atoms with E-state index in [1.54, 1.807) is 5.57 Å². The monoisotopic (exact) mass is 514 g/mol. The maximum atomic E-state index is 12.4. The summed E-state index contributed by atoms with van der Waals surface area (Å²) in [6.07, 6.45) is 22.7. The molecule has 0 aliphatic heterocycles. The largest absolute Gasteiger partial charge is 0.446 e. The molecule has 37 heavy (non-hydrogen) atoms. The van der Waals surface area contributed by atoms with Gasteiger partial charge in [-0.05, 0) is 111 Å². The van der Waals surface area contributed by atoms with Crippen LogP contribution in [-0.2, 0) is 4.74 Å². The number of unbranched alkanes of at least 4 members (excludes halogenated alkanes) is 4. The van der Waals surface area contributed by atoms with E-state index in [4.69, 9.17) is 10.5 Å². The van der Waals surface area contributed by atoms with Crippen LogP contribution in [0.3, 0.4) is 0 Å². The summed E-state index contributed by atoms with van der Waals surface area (Å²) in [4.78, 5) is 12.4. The van der Waals surface area contributed by atoms with E-state index in [1.807, 2.05) is 0 Å². The van der Waals surface area contributed by atoms with Gasteiger partial charge in [-0.3, -0.25) is 0 Å². The lowest BCUT2D eigenvalue weighted by Crippen LogP contribution is -2.50. The van der Waals surface area contributed by atoms with Gasteiger partial charge in [0.05, 0.1) is 0 Å². The smallest absolute Gasteiger partial charge is 0.407 e. The van der Waals surface area contributed by atoms with Crippen molar-refractivity contribution in [3.05, 3.63) is 11.6 Å². The lowest BCUT2D eigenvalue weighted by atomic mass is 9.47. The van der Waals surface area contributed by atoms with Crippen LogP contribution < -0.4 is 11.1 Å². The molecule has 3 saturated carbocycles. The lowest BCUT2D eigenvalue weighted by molar-refractivity contribution is -0.0519. The Morgan fingerprint density at radius 1 is 1.03 bits per heavy atom. The van der Waals surface area contributed by atoms with Crippen molar-refractivity contribution >= 4 is 6.09 Å². The molecule has 1 amide bonds. The SMILES string of the molecule is CC(C)CCCCC1CCC2C3CC=C4CC(OC(=O)NCCCCCCN)CCC4(C)C3CCC12C. The van der Waals surface area contributed by atoms with E-state index >= 15 is 0 Å². The number of rotatable bonds is 12. The molecule has 4 nitrogen and oxygen atoms in total. The van der Waals surface area contributed by atoms with Crippen LogP contribution in [0.5, 0.6) is 0 Å². The summed E-state index contributed by atoms with van der Waals surface area (Å²) in [7, 11) is 0. The van der Waals surface area contributed by atoms with Crippen LogP contribution in [0.2, 0.25) is 0 Å². The highest BCUT2D eigenvalue weighted by Crippen LogP contribution is 2.66. The molecule has 0 spiro atoms. The van der Waals surface area contributed by atoms with Crippen LogP contribution in [0.1, 0.15) is 130 Å². The molecule has 7 atom stereocenters. The number of alkyl carbamates (subject to hydrolysis) is 1. The zero-order chi connectivity index (χ0) is 26.5. The molecule has 7 unspecified atom stereocenters. The van der Waals surface area contributed by atoms with Crippen LogP contribution >= 0.6 is 0 Å². The second kappa shape index (κ2) is 12.9. The molecule has 0 saturated heterocycles. The highest BCUT2D eigenvalue weighted by molar-refractivity contribution is 5.67. The minimum atomic E-state index is -0.222. The summed E-state index contributed by atoms with van der Waals surface area (Å²) in [5.74, 6) is 4.41. The van der Waals surface area contributed by atoms with Crippen molar-refractivity contribution < 1.29 is 9.53 Å². The number of allylic oxidation sites excluding steroid dienone is 1. The fraction of sp³-hybridized carbons (Fsp3) is 0.909. The zero-order valence-electron chi connectivity index (χ0n) is 24.7. The Kier molecular flexibility index (Phi) is 10.1. The fourth-order valence-electron chi connectivity index (χ4n) is 9.26.